The highest BCUT2D eigenvalue weighted by molar-refractivity contribution is 5.89. The molecule has 2 aliphatic rings. The summed E-state index contributed by atoms with van der Waals surface area (Å²) in [6.07, 6.45) is 8.40. The van der Waals surface area contributed by atoms with Gasteiger partial charge in [0.2, 0.25) is 0 Å². The highest BCUT2D eigenvalue weighted by Gasteiger charge is 2.29. The molecule has 0 fully saturated rings. The molecule has 4 nitrogen and oxygen atoms in total. The minimum Gasteiger partial charge on any atom is -0.478 e. The quantitative estimate of drug-likeness (QED) is 0.854. The molecule has 98 valence electrons. The third-order valence-corrected chi connectivity index (χ3v) is 3.69. The fourth-order valence-corrected chi connectivity index (χ4v) is 2.70. The standard InChI is InChI=1S/C15H16N2O2/c1-17-13-8-7-11(15(18)19)9-12(13)14(16-17)10-5-3-2-4-6-10/h2-3,5,7-9,14,16H,4,6H2,1H3,(H,18,19). The summed E-state index contributed by atoms with van der Waals surface area (Å²) in [5.41, 5.74) is 7.13. The lowest BCUT2D eigenvalue weighted by molar-refractivity contribution is 0.0697. The molecular formula is C15H16N2O2. The fourth-order valence-electron chi connectivity index (χ4n) is 2.70. The van der Waals surface area contributed by atoms with Crippen LogP contribution in [0.5, 0.6) is 0 Å². The molecule has 1 aromatic rings. The molecule has 0 amide bonds. The predicted octanol–water partition coefficient (Wildman–Crippen LogP) is 2.66. The Labute approximate surface area is 112 Å². The molecule has 1 unspecified atom stereocenters. The second-order valence-corrected chi connectivity index (χ2v) is 4.91. The minimum atomic E-state index is -0.881. The summed E-state index contributed by atoms with van der Waals surface area (Å²) < 4.78 is 0. The number of hydrogen-bond donors (Lipinski definition) is 2. The third kappa shape index (κ3) is 2.04. The van der Waals surface area contributed by atoms with Crippen LogP contribution in [0.1, 0.15) is 34.8 Å². The van der Waals surface area contributed by atoms with Crippen molar-refractivity contribution in [3.05, 3.63) is 53.1 Å². The molecule has 1 heterocycles. The number of rotatable bonds is 2. The van der Waals surface area contributed by atoms with Crippen LogP contribution < -0.4 is 10.4 Å². The average molecular weight is 256 g/mol. The largest absolute Gasteiger partial charge is 0.478 e. The summed E-state index contributed by atoms with van der Waals surface area (Å²) >= 11 is 0. The molecule has 19 heavy (non-hydrogen) atoms. The van der Waals surface area contributed by atoms with Crippen molar-refractivity contribution in [2.45, 2.75) is 18.9 Å². The van der Waals surface area contributed by atoms with E-state index in [1.54, 1.807) is 12.1 Å². The van der Waals surface area contributed by atoms with Crippen LogP contribution in [0.2, 0.25) is 0 Å². The van der Waals surface area contributed by atoms with Crippen LogP contribution in [0.4, 0.5) is 5.69 Å². The van der Waals surface area contributed by atoms with E-state index in [9.17, 15) is 4.79 Å². The summed E-state index contributed by atoms with van der Waals surface area (Å²) in [5.74, 6) is -0.881. The lowest BCUT2D eigenvalue weighted by Gasteiger charge is -2.19. The molecule has 1 aliphatic carbocycles. The topological polar surface area (TPSA) is 52.6 Å². The minimum absolute atomic E-state index is 0.0873. The van der Waals surface area contributed by atoms with E-state index in [2.05, 4.69) is 23.7 Å². The molecular weight excluding hydrogens is 240 g/mol. The number of allylic oxidation sites excluding steroid dienone is 3. The van der Waals surface area contributed by atoms with Gasteiger partial charge in [-0.2, -0.15) is 0 Å². The molecule has 0 saturated heterocycles. The van der Waals surface area contributed by atoms with E-state index < -0.39 is 5.97 Å². The van der Waals surface area contributed by atoms with Gasteiger partial charge in [-0.25, -0.2) is 10.2 Å². The zero-order chi connectivity index (χ0) is 13.4. The Morgan fingerprint density at radius 1 is 1.47 bits per heavy atom. The van der Waals surface area contributed by atoms with E-state index in [1.165, 1.54) is 5.57 Å². The van der Waals surface area contributed by atoms with Crippen molar-refractivity contribution in [3.8, 4) is 0 Å². The predicted molar refractivity (Wildman–Crippen MR) is 74.1 cm³/mol. The van der Waals surface area contributed by atoms with Crippen LogP contribution in [0.15, 0.2) is 42.0 Å². The summed E-state index contributed by atoms with van der Waals surface area (Å²) in [6, 6.07) is 5.38. The highest BCUT2D eigenvalue weighted by atomic mass is 16.4. The maximum atomic E-state index is 11.1. The number of hydrogen-bond acceptors (Lipinski definition) is 3. The van der Waals surface area contributed by atoms with Gasteiger partial charge >= 0.3 is 5.97 Å². The van der Waals surface area contributed by atoms with Gasteiger partial charge in [-0.1, -0.05) is 18.2 Å². The van der Waals surface area contributed by atoms with Crippen LogP contribution in [0.3, 0.4) is 0 Å². The Bertz CT molecular complexity index is 590. The molecule has 0 spiro atoms. The molecule has 3 rings (SSSR count). The monoisotopic (exact) mass is 256 g/mol. The second kappa shape index (κ2) is 4.55. The van der Waals surface area contributed by atoms with E-state index in [4.69, 9.17) is 5.11 Å². The first-order valence-corrected chi connectivity index (χ1v) is 6.39. The van der Waals surface area contributed by atoms with Crippen molar-refractivity contribution in [1.29, 1.82) is 0 Å². The van der Waals surface area contributed by atoms with Crippen LogP contribution in [0.25, 0.3) is 0 Å². The number of benzene rings is 1. The van der Waals surface area contributed by atoms with Crippen LogP contribution >= 0.6 is 0 Å². The van der Waals surface area contributed by atoms with E-state index >= 15 is 0 Å². The number of carboxylic acids is 1. The first kappa shape index (κ1) is 12.0. The smallest absolute Gasteiger partial charge is 0.335 e. The second-order valence-electron chi connectivity index (χ2n) is 4.91. The normalized spacial score (nSPS) is 21.2. The van der Waals surface area contributed by atoms with Gasteiger partial charge in [-0.15, -0.1) is 0 Å². The number of carboxylic acid groups (broad SMARTS) is 1. The molecule has 0 radical (unpaired) electrons. The number of fused-ring (bicyclic) bond motifs is 1. The first-order valence-electron chi connectivity index (χ1n) is 6.39. The van der Waals surface area contributed by atoms with Gasteiger partial charge in [0.15, 0.2) is 0 Å². The van der Waals surface area contributed by atoms with Gasteiger partial charge < -0.3 is 10.1 Å². The Balaban J connectivity index is 2.04. The summed E-state index contributed by atoms with van der Waals surface area (Å²) in [6.45, 7) is 0. The maximum absolute atomic E-state index is 11.1. The van der Waals surface area contributed by atoms with E-state index in [1.807, 2.05) is 18.1 Å². The van der Waals surface area contributed by atoms with Gasteiger partial charge in [-0.05, 0) is 36.6 Å². The van der Waals surface area contributed by atoms with Crippen LogP contribution in [-0.2, 0) is 0 Å². The van der Waals surface area contributed by atoms with E-state index in [0.717, 1.165) is 24.1 Å². The van der Waals surface area contributed by atoms with Gasteiger partial charge in [0.25, 0.3) is 0 Å². The number of aromatic carboxylic acids is 1. The van der Waals surface area contributed by atoms with E-state index in [0.29, 0.717) is 5.56 Å². The molecule has 4 heteroatoms. The summed E-state index contributed by atoms with van der Waals surface area (Å²) in [4.78, 5) is 11.1. The van der Waals surface area contributed by atoms with Crippen LogP contribution in [0, 0.1) is 0 Å². The zero-order valence-electron chi connectivity index (χ0n) is 10.8. The van der Waals surface area contributed by atoms with E-state index in [-0.39, 0.29) is 6.04 Å². The Kier molecular flexibility index (Phi) is 2.87. The fraction of sp³-hybridized carbons (Fsp3) is 0.267. The van der Waals surface area contributed by atoms with Gasteiger partial charge in [-0.3, -0.25) is 0 Å². The van der Waals surface area contributed by atoms with Crippen molar-refractivity contribution in [3.63, 3.8) is 0 Å². The zero-order valence-corrected chi connectivity index (χ0v) is 10.8. The van der Waals surface area contributed by atoms with Crippen molar-refractivity contribution in [2.75, 3.05) is 12.1 Å². The maximum Gasteiger partial charge on any atom is 0.335 e. The molecule has 2 N–H and O–H groups in total. The summed E-state index contributed by atoms with van der Waals surface area (Å²) in [5, 5.41) is 11.1. The van der Waals surface area contributed by atoms with Crippen molar-refractivity contribution < 1.29 is 9.90 Å². The SMILES string of the molecule is CN1NC(C2=CC=CCC2)c2cc(C(=O)O)ccc21. The molecule has 1 atom stereocenters. The number of nitrogens with zero attached hydrogens (tertiary/aromatic N) is 1. The van der Waals surface area contributed by atoms with Crippen molar-refractivity contribution in [1.82, 2.24) is 5.43 Å². The number of carbonyl (C=O) groups is 1. The lowest BCUT2D eigenvalue weighted by atomic mass is 9.92. The number of hydrazine groups is 1. The molecule has 1 aromatic carbocycles. The van der Waals surface area contributed by atoms with Crippen molar-refractivity contribution in [2.24, 2.45) is 0 Å². The third-order valence-electron chi connectivity index (χ3n) is 3.69. The van der Waals surface area contributed by atoms with Gasteiger partial charge in [0.1, 0.15) is 0 Å². The van der Waals surface area contributed by atoms with Crippen LogP contribution in [-0.4, -0.2) is 18.1 Å². The average Bonchev–Trinajstić information content (AvgIpc) is 2.77. The lowest BCUT2D eigenvalue weighted by Crippen LogP contribution is -2.31. The van der Waals surface area contributed by atoms with Crippen molar-refractivity contribution >= 4 is 11.7 Å². The Morgan fingerprint density at radius 2 is 2.32 bits per heavy atom. The Hall–Kier alpha value is -2.07. The first-order chi connectivity index (χ1) is 9.16. The molecule has 0 saturated carbocycles. The summed E-state index contributed by atoms with van der Waals surface area (Å²) in [7, 11) is 1.96. The highest BCUT2D eigenvalue weighted by Crippen LogP contribution is 2.38. The molecule has 1 aliphatic heterocycles. The van der Waals surface area contributed by atoms with Gasteiger partial charge in [0.05, 0.1) is 17.3 Å². The number of anilines is 1. The molecule has 0 aromatic heterocycles. The molecule has 0 bridgehead atoms. The number of nitrogens with one attached hydrogen (secondary N) is 1. The van der Waals surface area contributed by atoms with Gasteiger partial charge in [0, 0.05) is 12.6 Å². The Morgan fingerprint density at radius 3 is 3.00 bits per heavy atom.